The molecule has 0 saturated carbocycles. The van der Waals surface area contributed by atoms with Crippen molar-refractivity contribution < 1.29 is 23.5 Å². The topological polar surface area (TPSA) is 89.3 Å². The standard InChI is InChI=1S/C29H19BrN2O6/c1-2-11-31-20-6-4-3-5-19(20)29(28(31)35)24-25(33)18-13-17(30)8-10-21(18)38-26(24)27(34)32(29)14-16-7-9-22-23(12-16)37-15-36-22/h2-10,12-13H,1,11,14-15H2. The minimum Gasteiger partial charge on any atom is -0.454 e. The third kappa shape index (κ3) is 2.87. The zero-order valence-corrected chi connectivity index (χ0v) is 21.5. The van der Waals surface area contributed by atoms with Crippen molar-refractivity contribution in [2.24, 2.45) is 0 Å². The Bertz CT molecular complexity index is 1780. The maximum atomic E-state index is 14.5. The molecule has 3 aliphatic heterocycles. The first-order valence-corrected chi connectivity index (χ1v) is 12.7. The molecule has 2 amide bonds. The fourth-order valence-electron chi connectivity index (χ4n) is 5.72. The van der Waals surface area contributed by atoms with Crippen LogP contribution in [0.1, 0.15) is 27.2 Å². The van der Waals surface area contributed by atoms with Gasteiger partial charge in [0.05, 0.1) is 16.6 Å². The Hall–Kier alpha value is -4.37. The van der Waals surface area contributed by atoms with E-state index in [1.807, 2.05) is 18.2 Å². The van der Waals surface area contributed by atoms with E-state index >= 15 is 0 Å². The maximum Gasteiger partial charge on any atom is 0.291 e. The maximum absolute atomic E-state index is 14.5. The lowest BCUT2D eigenvalue weighted by molar-refractivity contribution is -0.126. The molecule has 1 spiro atoms. The van der Waals surface area contributed by atoms with Gasteiger partial charge < -0.3 is 23.7 Å². The molecule has 0 aliphatic carbocycles. The number of hydrogen-bond acceptors (Lipinski definition) is 6. The van der Waals surface area contributed by atoms with Crippen LogP contribution in [0, 0.1) is 0 Å². The number of carbonyl (C=O) groups is 2. The fraction of sp³-hybridized carbons (Fsp3) is 0.138. The Kier molecular flexibility index (Phi) is 4.84. The molecule has 4 aromatic rings. The van der Waals surface area contributed by atoms with Gasteiger partial charge in [-0.25, -0.2) is 0 Å². The highest BCUT2D eigenvalue weighted by molar-refractivity contribution is 9.10. The smallest absolute Gasteiger partial charge is 0.291 e. The Labute approximate surface area is 224 Å². The van der Waals surface area contributed by atoms with E-state index in [0.717, 1.165) is 0 Å². The Morgan fingerprint density at radius 1 is 1.00 bits per heavy atom. The van der Waals surface area contributed by atoms with Crippen LogP contribution in [0.15, 0.2) is 87.0 Å². The molecular weight excluding hydrogens is 552 g/mol. The van der Waals surface area contributed by atoms with Gasteiger partial charge in [-0.1, -0.05) is 46.3 Å². The molecule has 188 valence electrons. The van der Waals surface area contributed by atoms with Crippen LogP contribution in [0.4, 0.5) is 5.69 Å². The van der Waals surface area contributed by atoms with Crippen molar-refractivity contribution in [3.63, 3.8) is 0 Å². The molecule has 0 saturated heterocycles. The van der Waals surface area contributed by atoms with Gasteiger partial charge in [-0.3, -0.25) is 14.4 Å². The van der Waals surface area contributed by atoms with Gasteiger partial charge >= 0.3 is 0 Å². The van der Waals surface area contributed by atoms with Crippen molar-refractivity contribution in [1.29, 1.82) is 0 Å². The molecule has 9 heteroatoms. The zero-order chi connectivity index (χ0) is 26.2. The highest BCUT2D eigenvalue weighted by Crippen LogP contribution is 2.53. The number of amides is 2. The van der Waals surface area contributed by atoms with Gasteiger partial charge in [-0.05, 0) is 42.0 Å². The van der Waals surface area contributed by atoms with E-state index in [0.29, 0.717) is 32.8 Å². The molecule has 7 rings (SSSR count). The molecular formula is C29H19BrN2O6. The van der Waals surface area contributed by atoms with Crippen LogP contribution in [-0.4, -0.2) is 30.1 Å². The summed E-state index contributed by atoms with van der Waals surface area (Å²) < 4.78 is 17.7. The van der Waals surface area contributed by atoms with E-state index in [9.17, 15) is 14.4 Å². The van der Waals surface area contributed by atoms with Gasteiger partial charge in [-0.2, -0.15) is 0 Å². The fourth-order valence-corrected chi connectivity index (χ4v) is 6.08. The second kappa shape index (κ2) is 8.06. The van der Waals surface area contributed by atoms with Crippen molar-refractivity contribution >= 4 is 44.4 Å². The van der Waals surface area contributed by atoms with Crippen molar-refractivity contribution in [2.45, 2.75) is 12.1 Å². The van der Waals surface area contributed by atoms with Gasteiger partial charge in [0.1, 0.15) is 5.58 Å². The highest BCUT2D eigenvalue weighted by Gasteiger charge is 2.64. The Balaban J connectivity index is 1.53. The van der Waals surface area contributed by atoms with E-state index in [4.69, 9.17) is 13.9 Å². The summed E-state index contributed by atoms with van der Waals surface area (Å²) in [6.07, 6.45) is 1.62. The summed E-state index contributed by atoms with van der Waals surface area (Å²) in [5.74, 6) is 0.0787. The molecule has 8 nitrogen and oxygen atoms in total. The normalized spacial score (nSPS) is 19.0. The third-order valence-corrected chi connectivity index (χ3v) is 7.78. The minimum absolute atomic E-state index is 0.0258. The summed E-state index contributed by atoms with van der Waals surface area (Å²) in [4.78, 5) is 45.8. The first-order chi connectivity index (χ1) is 18.4. The molecule has 4 heterocycles. The van der Waals surface area contributed by atoms with Crippen LogP contribution < -0.4 is 19.8 Å². The van der Waals surface area contributed by atoms with Gasteiger partial charge in [0.2, 0.25) is 12.6 Å². The number of rotatable bonds is 4. The molecule has 0 fully saturated rings. The van der Waals surface area contributed by atoms with Gasteiger partial charge in [0.25, 0.3) is 11.8 Å². The van der Waals surface area contributed by atoms with Crippen LogP contribution >= 0.6 is 15.9 Å². The summed E-state index contributed by atoms with van der Waals surface area (Å²) in [5, 5.41) is 0.280. The number of benzene rings is 3. The second-order valence-corrected chi connectivity index (χ2v) is 10.2. The van der Waals surface area contributed by atoms with Gasteiger partial charge in [-0.15, -0.1) is 6.58 Å². The van der Waals surface area contributed by atoms with E-state index < -0.39 is 22.8 Å². The molecule has 0 radical (unpaired) electrons. The van der Waals surface area contributed by atoms with Crippen LogP contribution in [0.25, 0.3) is 11.0 Å². The molecule has 1 unspecified atom stereocenters. The zero-order valence-electron chi connectivity index (χ0n) is 19.9. The summed E-state index contributed by atoms with van der Waals surface area (Å²) in [5.41, 5.74) is 0.0304. The number of carbonyl (C=O) groups excluding carboxylic acids is 2. The van der Waals surface area contributed by atoms with Gasteiger partial charge in [0.15, 0.2) is 22.5 Å². The Morgan fingerprint density at radius 3 is 2.66 bits per heavy atom. The predicted octanol–water partition coefficient (Wildman–Crippen LogP) is 4.72. The van der Waals surface area contributed by atoms with Crippen LogP contribution in [0.2, 0.25) is 0 Å². The largest absolute Gasteiger partial charge is 0.454 e. The molecule has 38 heavy (non-hydrogen) atoms. The van der Waals surface area contributed by atoms with E-state index in [2.05, 4.69) is 22.5 Å². The highest BCUT2D eigenvalue weighted by atomic mass is 79.9. The van der Waals surface area contributed by atoms with Crippen molar-refractivity contribution in [3.05, 3.63) is 110 Å². The average molecular weight is 571 g/mol. The van der Waals surface area contributed by atoms with Crippen molar-refractivity contribution in [1.82, 2.24) is 4.90 Å². The molecule has 1 atom stereocenters. The first-order valence-electron chi connectivity index (χ1n) is 11.9. The van der Waals surface area contributed by atoms with Crippen LogP contribution in [0.5, 0.6) is 11.5 Å². The Morgan fingerprint density at radius 2 is 1.82 bits per heavy atom. The number of anilines is 1. The first kappa shape index (κ1) is 22.8. The van der Waals surface area contributed by atoms with Crippen molar-refractivity contribution in [3.8, 4) is 11.5 Å². The average Bonchev–Trinajstić information content (AvgIpc) is 3.55. The van der Waals surface area contributed by atoms with Crippen molar-refractivity contribution in [2.75, 3.05) is 18.2 Å². The summed E-state index contributed by atoms with van der Waals surface area (Å²) in [6.45, 7) is 4.16. The summed E-state index contributed by atoms with van der Waals surface area (Å²) >= 11 is 3.42. The quantitative estimate of drug-likeness (QED) is 0.330. The number of ether oxygens (including phenoxy) is 2. The van der Waals surface area contributed by atoms with Crippen LogP contribution in [0.3, 0.4) is 0 Å². The lowest BCUT2D eigenvalue weighted by Gasteiger charge is -2.34. The number of nitrogens with zero attached hydrogens (tertiary/aromatic N) is 2. The third-order valence-electron chi connectivity index (χ3n) is 7.29. The van der Waals surface area contributed by atoms with Gasteiger partial charge in [0, 0.05) is 23.1 Å². The monoisotopic (exact) mass is 570 g/mol. The molecule has 0 bridgehead atoms. The minimum atomic E-state index is -1.71. The van der Waals surface area contributed by atoms with E-state index in [-0.39, 0.29) is 42.2 Å². The number of para-hydroxylation sites is 1. The summed E-state index contributed by atoms with van der Waals surface area (Å²) in [6, 6.07) is 17.6. The number of hydrogen-bond donors (Lipinski definition) is 0. The lowest BCUT2D eigenvalue weighted by atomic mass is 9.83. The van der Waals surface area contributed by atoms with E-state index in [1.54, 1.807) is 53.4 Å². The SMILES string of the molecule is C=CCN1C(=O)C2(c3ccccc31)c1c(oc3ccc(Br)cc3c1=O)C(=O)N2Cc1ccc2c(c1)OCO2. The molecule has 1 aromatic heterocycles. The molecule has 3 aliphatic rings. The predicted molar refractivity (Wildman–Crippen MR) is 142 cm³/mol. The van der Waals surface area contributed by atoms with E-state index in [1.165, 1.54) is 4.90 Å². The van der Waals surface area contributed by atoms with Crippen LogP contribution in [-0.2, 0) is 16.9 Å². The number of halogens is 1. The lowest BCUT2D eigenvalue weighted by Crippen LogP contribution is -2.53. The molecule has 0 N–H and O–H groups in total. The second-order valence-electron chi connectivity index (χ2n) is 9.29. The summed E-state index contributed by atoms with van der Waals surface area (Å²) in [7, 11) is 0. The number of fused-ring (bicyclic) bond motifs is 6. The molecule has 3 aromatic carbocycles.